The quantitative estimate of drug-likeness (QED) is 0.941. The molecule has 1 aliphatic rings. The van der Waals surface area contributed by atoms with E-state index in [1.54, 1.807) is 6.07 Å². The zero-order chi connectivity index (χ0) is 15.4. The molecule has 0 atom stereocenters. The van der Waals surface area contributed by atoms with Crippen LogP contribution in [0.25, 0.3) is 6.08 Å². The number of phenols is 1. The molecule has 2 aromatic rings. The zero-order valence-electron chi connectivity index (χ0n) is 12.3. The van der Waals surface area contributed by atoms with Gasteiger partial charge < -0.3 is 14.9 Å². The van der Waals surface area contributed by atoms with Gasteiger partial charge in [-0.25, -0.2) is 4.39 Å². The number of nitrogens with zero attached hydrogens (tertiary/aromatic N) is 2. The first-order valence-corrected chi connectivity index (χ1v) is 7.43. The van der Waals surface area contributed by atoms with Gasteiger partial charge in [0.1, 0.15) is 11.6 Å². The topological polar surface area (TPSA) is 26.7 Å². The van der Waals surface area contributed by atoms with Crippen LogP contribution in [-0.2, 0) is 0 Å². The summed E-state index contributed by atoms with van der Waals surface area (Å²) in [4.78, 5) is 4.25. The normalized spacial score (nSPS) is 15.5. The van der Waals surface area contributed by atoms with Crippen LogP contribution in [0.15, 0.2) is 54.7 Å². The fourth-order valence-corrected chi connectivity index (χ4v) is 2.62. The highest BCUT2D eigenvalue weighted by Crippen LogP contribution is 2.24. The second-order valence-electron chi connectivity index (χ2n) is 5.39. The molecule has 0 amide bonds. The second kappa shape index (κ2) is 6.52. The highest BCUT2D eigenvalue weighted by atomic mass is 19.1. The molecule has 1 heterocycles. The summed E-state index contributed by atoms with van der Waals surface area (Å²) in [7, 11) is 0. The number of piperazine rings is 1. The van der Waals surface area contributed by atoms with Crippen molar-refractivity contribution in [2.75, 3.05) is 31.1 Å². The van der Waals surface area contributed by atoms with Crippen molar-refractivity contribution in [3.05, 3.63) is 66.1 Å². The van der Waals surface area contributed by atoms with E-state index in [0.29, 0.717) is 5.69 Å². The number of benzene rings is 2. The average molecular weight is 298 g/mol. The van der Waals surface area contributed by atoms with Crippen molar-refractivity contribution in [2.24, 2.45) is 0 Å². The predicted octanol–water partition coefficient (Wildman–Crippen LogP) is 3.32. The molecule has 2 aromatic carbocycles. The third-order valence-corrected chi connectivity index (χ3v) is 3.86. The summed E-state index contributed by atoms with van der Waals surface area (Å²) in [5, 5.41) is 9.28. The van der Waals surface area contributed by atoms with Crippen LogP contribution in [-0.4, -0.2) is 36.2 Å². The summed E-state index contributed by atoms with van der Waals surface area (Å²) in [5.74, 6) is -0.404. The first-order valence-electron chi connectivity index (χ1n) is 7.43. The Balaban J connectivity index is 1.59. The number of aromatic hydroxyl groups is 1. The van der Waals surface area contributed by atoms with E-state index in [9.17, 15) is 9.50 Å². The van der Waals surface area contributed by atoms with Gasteiger partial charge in [-0.1, -0.05) is 30.3 Å². The Morgan fingerprint density at radius 3 is 2.36 bits per heavy atom. The summed E-state index contributed by atoms with van der Waals surface area (Å²) >= 11 is 0. The number of rotatable bonds is 3. The van der Waals surface area contributed by atoms with Crippen molar-refractivity contribution in [3.63, 3.8) is 0 Å². The summed E-state index contributed by atoms with van der Waals surface area (Å²) < 4.78 is 13.9. The Morgan fingerprint density at radius 2 is 1.68 bits per heavy atom. The molecule has 0 spiro atoms. The van der Waals surface area contributed by atoms with E-state index in [2.05, 4.69) is 29.3 Å². The van der Waals surface area contributed by atoms with Gasteiger partial charge in [-0.15, -0.1) is 0 Å². The summed E-state index contributed by atoms with van der Waals surface area (Å²) in [5.41, 5.74) is 1.74. The molecule has 114 valence electrons. The minimum Gasteiger partial charge on any atom is -0.508 e. The SMILES string of the molecule is Oc1ccc(N2CCN(C=Cc3ccccc3)CC2)c(F)c1. The van der Waals surface area contributed by atoms with E-state index >= 15 is 0 Å². The van der Waals surface area contributed by atoms with Gasteiger partial charge in [0, 0.05) is 32.2 Å². The molecule has 3 rings (SSSR count). The zero-order valence-corrected chi connectivity index (χ0v) is 12.3. The Labute approximate surface area is 129 Å². The summed E-state index contributed by atoms with van der Waals surface area (Å²) in [6.45, 7) is 3.23. The van der Waals surface area contributed by atoms with E-state index in [4.69, 9.17) is 0 Å². The highest BCUT2D eigenvalue weighted by molar-refractivity contribution is 5.51. The Hall–Kier alpha value is -2.49. The molecule has 0 unspecified atom stereocenters. The van der Waals surface area contributed by atoms with E-state index in [-0.39, 0.29) is 11.6 Å². The van der Waals surface area contributed by atoms with Crippen LogP contribution in [0, 0.1) is 5.82 Å². The molecule has 1 aliphatic heterocycles. The molecule has 1 N–H and O–H groups in total. The van der Waals surface area contributed by atoms with Gasteiger partial charge >= 0.3 is 0 Å². The van der Waals surface area contributed by atoms with Crippen LogP contribution >= 0.6 is 0 Å². The number of hydrogen-bond donors (Lipinski definition) is 1. The van der Waals surface area contributed by atoms with Gasteiger partial charge in [0.05, 0.1) is 5.69 Å². The lowest BCUT2D eigenvalue weighted by atomic mass is 10.2. The van der Waals surface area contributed by atoms with Crippen molar-refractivity contribution >= 4 is 11.8 Å². The first kappa shape index (κ1) is 14.4. The lowest BCUT2D eigenvalue weighted by Gasteiger charge is -2.35. The van der Waals surface area contributed by atoms with Gasteiger partial charge in [0.25, 0.3) is 0 Å². The molecule has 0 aromatic heterocycles. The molecule has 1 saturated heterocycles. The fraction of sp³-hybridized carbons (Fsp3) is 0.222. The maximum atomic E-state index is 13.9. The number of halogens is 1. The second-order valence-corrected chi connectivity index (χ2v) is 5.39. The number of anilines is 1. The Bertz CT molecular complexity index is 649. The molecule has 0 saturated carbocycles. The Kier molecular flexibility index (Phi) is 4.28. The molecule has 0 radical (unpaired) electrons. The highest BCUT2D eigenvalue weighted by Gasteiger charge is 2.17. The van der Waals surface area contributed by atoms with Gasteiger partial charge in [0.15, 0.2) is 0 Å². The largest absolute Gasteiger partial charge is 0.508 e. The van der Waals surface area contributed by atoms with Crippen LogP contribution in [0.2, 0.25) is 0 Å². The van der Waals surface area contributed by atoms with Crippen LogP contribution in [0.3, 0.4) is 0 Å². The van der Waals surface area contributed by atoms with Crippen LogP contribution in [0.4, 0.5) is 10.1 Å². The van der Waals surface area contributed by atoms with Crippen molar-refractivity contribution in [1.29, 1.82) is 0 Å². The minimum atomic E-state index is -0.367. The summed E-state index contributed by atoms with van der Waals surface area (Å²) in [6.07, 6.45) is 4.19. The maximum Gasteiger partial charge on any atom is 0.150 e. The Morgan fingerprint density at radius 1 is 0.955 bits per heavy atom. The molecular formula is C18H19FN2O. The van der Waals surface area contributed by atoms with E-state index < -0.39 is 0 Å². The van der Waals surface area contributed by atoms with Gasteiger partial charge in [0.2, 0.25) is 0 Å². The van der Waals surface area contributed by atoms with Crippen LogP contribution < -0.4 is 4.90 Å². The van der Waals surface area contributed by atoms with E-state index in [1.807, 2.05) is 23.1 Å². The number of hydrogen-bond acceptors (Lipinski definition) is 3. The van der Waals surface area contributed by atoms with Gasteiger partial charge in [-0.2, -0.15) is 0 Å². The molecule has 3 nitrogen and oxygen atoms in total. The first-order chi connectivity index (χ1) is 10.7. The van der Waals surface area contributed by atoms with Crippen molar-refractivity contribution in [3.8, 4) is 5.75 Å². The van der Waals surface area contributed by atoms with Crippen molar-refractivity contribution in [2.45, 2.75) is 0 Å². The van der Waals surface area contributed by atoms with E-state index in [0.717, 1.165) is 32.2 Å². The molecule has 4 heteroatoms. The van der Waals surface area contributed by atoms with Crippen molar-refractivity contribution < 1.29 is 9.50 Å². The fourth-order valence-electron chi connectivity index (χ4n) is 2.62. The molecular weight excluding hydrogens is 279 g/mol. The van der Waals surface area contributed by atoms with Crippen molar-refractivity contribution in [1.82, 2.24) is 4.90 Å². The third-order valence-electron chi connectivity index (χ3n) is 3.86. The lowest BCUT2D eigenvalue weighted by Crippen LogP contribution is -2.44. The standard InChI is InChI=1S/C18H19FN2O/c19-17-14-16(22)6-7-18(17)21-12-10-20(11-13-21)9-8-15-4-2-1-3-5-15/h1-9,14,22H,10-13H2. The maximum absolute atomic E-state index is 13.9. The third kappa shape index (κ3) is 3.39. The molecule has 22 heavy (non-hydrogen) atoms. The number of phenolic OH excluding ortho intramolecular Hbond substituents is 1. The predicted molar refractivity (Wildman–Crippen MR) is 87.3 cm³/mol. The van der Waals surface area contributed by atoms with E-state index in [1.165, 1.54) is 11.6 Å². The van der Waals surface area contributed by atoms with Crippen LogP contribution in [0.5, 0.6) is 5.75 Å². The smallest absolute Gasteiger partial charge is 0.150 e. The lowest BCUT2D eigenvalue weighted by molar-refractivity contribution is 0.349. The minimum absolute atomic E-state index is 0.0364. The summed E-state index contributed by atoms with van der Waals surface area (Å²) in [6, 6.07) is 14.5. The molecule has 1 fully saturated rings. The van der Waals surface area contributed by atoms with Gasteiger partial charge in [-0.3, -0.25) is 0 Å². The molecule has 0 bridgehead atoms. The van der Waals surface area contributed by atoms with Crippen LogP contribution in [0.1, 0.15) is 5.56 Å². The molecule has 0 aliphatic carbocycles. The monoisotopic (exact) mass is 298 g/mol. The average Bonchev–Trinajstić information content (AvgIpc) is 2.55. The van der Waals surface area contributed by atoms with Gasteiger partial charge in [-0.05, 0) is 30.0 Å².